The van der Waals surface area contributed by atoms with Crippen molar-refractivity contribution < 1.29 is 4.79 Å². The number of aromatic nitrogens is 2. The second kappa shape index (κ2) is 7.10. The molecule has 0 aliphatic carbocycles. The van der Waals surface area contributed by atoms with Crippen LogP contribution >= 0.6 is 0 Å². The molecule has 4 nitrogen and oxygen atoms in total. The van der Waals surface area contributed by atoms with Crippen LogP contribution < -0.4 is 0 Å². The fraction of sp³-hybridized carbons (Fsp3) is 0.765. The van der Waals surface area contributed by atoms with Crippen LogP contribution in [0.1, 0.15) is 63.4 Å². The Hall–Kier alpha value is -1.32. The number of nitrogens with zero attached hydrogens (tertiary/aromatic N) is 3. The van der Waals surface area contributed by atoms with Crippen LogP contribution in [0.15, 0.2) is 0 Å². The quantitative estimate of drug-likeness (QED) is 0.855. The predicted molar refractivity (Wildman–Crippen MR) is 85.3 cm³/mol. The van der Waals surface area contributed by atoms with Crippen molar-refractivity contribution in [1.29, 1.82) is 0 Å². The summed E-state index contributed by atoms with van der Waals surface area (Å²) in [6.45, 7) is 7.36. The molecule has 0 spiro atoms. The molecule has 1 aliphatic rings. The van der Waals surface area contributed by atoms with Gasteiger partial charge in [0.1, 0.15) is 0 Å². The first-order chi connectivity index (χ1) is 10.1. The lowest BCUT2D eigenvalue weighted by Crippen LogP contribution is -2.39. The largest absolute Gasteiger partial charge is 0.340 e. The molecule has 2 rings (SSSR count). The van der Waals surface area contributed by atoms with E-state index < -0.39 is 0 Å². The summed E-state index contributed by atoms with van der Waals surface area (Å²) >= 11 is 0. The number of likely N-dealkylation sites (tertiary alicyclic amines) is 1. The third-order valence-electron chi connectivity index (χ3n) is 4.73. The minimum atomic E-state index is 0.279. The van der Waals surface area contributed by atoms with Crippen molar-refractivity contribution in [2.75, 3.05) is 6.54 Å². The van der Waals surface area contributed by atoms with Crippen LogP contribution in [0, 0.1) is 0 Å². The van der Waals surface area contributed by atoms with Crippen molar-refractivity contribution >= 4 is 5.91 Å². The molecule has 1 fully saturated rings. The van der Waals surface area contributed by atoms with E-state index in [0.29, 0.717) is 12.5 Å². The molecule has 4 heteroatoms. The Labute approximate surface area is 128 Å². The predicted octanol–water partition coefficient (Wildman–Crippen LogP) is 2.88. The van der Waals surface area contributed by atoms with Crippen molar-refractivity contribution in [2.45, 2.75) is 71.8 Å². The van der Waals surface area contributed by atoms with E-state index in [0.717, 1.165) is 37.9 Å². The fourth-order valence-electron chi connectivity index (χ4n) is 3.49. The van der Waals surface area contributed by atoms with Crippen LogP contribution in [0.3, 0.4) is 0 Å². The molecule has 0 saturated carbocycles. The molecule has 1 aromatic heterocycles. The Balaban J connectivity index is 2.18. The van der Waals surface area contributed by atoms with E-state index in [9.17, 15) is 4.79 Å². The summed E-state index contributed by atoms with van der Waals surface area (Å²) in [7, 11) is 1.99. The van der Waals surface area contributed by atoms with Crippen LogP contribution in [0.4, 0.5) is 0 Å². The second-order valence-electron chi connectivity index (χ2n) is 6.16. The summed E-state index contributed by atoms with van der Waals surface area (Å²) < 4.78 is 1.95. The lowest BCUT2D eigenvalue weighted by molar-refractivity contribution is -0.132. The van der Waals surface area contributed by atoms with E-state index in [2.05, 4.69) is 30.8 Å². The molecule has 0 bridgehead atoms. The van der Waals surface area contributed by atoms with Crippen molar-refractivity contribution in [2.24, 2.45) is 7.05 Å². The SMILES string of the molecule is CCc1nn(C)c(CC)c1CC(=O)N1CCCCCC1C. The Morgan fingerprint density at radius 1 is 1.24 bits per heavy atom. The monoisotopic (exact) mass is 291 g/mol. The third kappa shape index (κ3) is 3.47. The van der Waals surface area contributed by atoms with Gasteiger partial charge in [-0.25, -0.2) is 0 Å². The van der Waals surface area contributed by atoms with Gasteiger partial charge in [-0.05, 0) is 32.6 Å². The molecule has 1 aliphatic heterocycles. The average molecular weight is 291 g/mol. The van der Waals surface area contributed by atoms with Gasteiger partial charge >= 0.3 is 0 Å². The van der Waals surface area contributed by atoms with E-state index in [-0.39, 0.29) is 5.91 Å². The molecule has 1 amide bonds. The summed E-state index contributed by atoms with van der Waals surface area (Å²) in [5.74, 6) is 0.279. The Bertz CT molecular complexity index is 492. The normalized spacial score (nSPS) is 19.6. The van der Waals surface area contributed by atoms with Gasteiger partial charge in [-0.2, -0.15) is 5.10 Å². The maximum absolute atomic E-state index is 12.8. The number of carbonyl (C=O) groups excluding carboxylic acids is 1. The van der Waals surface area contributed by atoms with Crippen molar-refractivity contribution in [3.05, 3.63) is 17.0 Å². The minimum absolute atomic E-state index is 0.279. The zero-order valence-electron chi connectivity index (χ0n) is 14.0. The lowest BCUT2D eigenvalue weighted by atomic mass is 10.0. The number of carbonyl (C=O) groups is 1. The Morgan fingerprint density at radius 3 is 2.67 bits per heavy atom. The van der Waals surface area contributed by atoms with Crippen LogP contribution in [0.25, 0.3) is 0 Å². The number of rotatable bonds is 4. The Kier molecular flexibility index (Phi) is 5.43. The zero-order chi connectivity index (χ0) is 15.4. The topological polar surface area (TPSA) is 38.1 Å². The highest BCUT2D eigenvalue weighted by atomic mass is 16.2. The standard InChI is InChI=1S/C17H29N3O/c1-5-15-14(16(6-2)19(4)18-15)12-17(21)20-11-9-7-8-10-13(20)3/h13H,5-12H2,1-4H3. The molecular formula is C17H29N3O. The molecule has 2 heterocycles. The van der Waals surface area contributed by atoms with E-state index in [1.54, 1.807) is 0 Å². The molecule has 1 atom stereocenters. The summed E-state index contributed by atoms with van der Waals surface area (Å²) in [6.07, 6.45) is 7.13. The van der Waals surface area contributed by atoms with Gasteiger partial charge in [0.2, 0.25) is 5.91 Å². The molecule has 0 aromatic carbocycles. The highest BCUT2D eigenvalue weighted by molar-refractivity contribution is 5.79. The van der Waals surface area contributed by atoms with Gasteiger partial charge in [-0.1, -0.05) is 26.7 Å². The lowest BCUT2D eigenvalue weighted by Gasteiger charge is -2.27. The highest BCUT2D eigenvalue weighted by Gasteiger charge is 2.24. The second-order valence-corrected chi connectivity index (χ2v) is 6.16. The van der Waals surface area contributed by atoms with Crippen LogP contribution in [0.2, 0.25) is 0 Å². The van der Waals surface area contributed by atoms with E-state index in [1.165, 1.54) is 24.1 Å². The van der Waals surface area contributed by atoms with Gasteiger partial charge in [0.15, 0.2) is 0 Å². The smallest absolute Gasteiger partial charge is 0.227 e. The molecule has 0 radical (unpaired) electrons. The van der Waals surface area contributed by atoms with Crippen molar-refractivity contribution in [3.63, 3.8) is 0 Å². The van der Waals surface area contributed by atoms with Gasteiger partial charge in [-0.3, -0.25) is 9.48 Å². The van der Waals surface area contributed by atoms with Gasteiger partial charge in [0.05, 0.1) is 12.1 Å². The maximum Gasteiger partial charge on any atom is 0.227 e. The number of hydrogen-bond donors (Lipinski definition) is 0. The molecule has 21 heavy (non-hydrogen) atoms. The molecule has 118 valence electrons. The first-order valence-electron chi connectivity index (χ1n) is 8.41. The number of aryl methyl sites for hydroxylation is 2. The van der Waals surface area contributed by atoms with Crippen LogP contribution in [0.5, 0.6) is 0 Å². The van der Waals surface area contributed by atoms with Crippen LogP contribution in [-0.4, -0.2) is 33.2 Å². The van der Waals surface area contributed by atoms with E-state index >= 15 is 0 Å². The molecule has 1 aromatic rings. The molecular weight excluding hydrogens is 262 g/mol. The minimum Gasteiger partial charge on any atom is -0.340 e. The van der Waals surface area contributed by atoms with E-state index in [4.69, 9.17) is 0 Å². The Morgan fingerprint density at radius 2 is 2.00 bits per heavy atom. The highest BCUT2D eigenvalue weighted by Crippen LogP contribution is 2.21. The molecule has 1 unspecified atom stereocenters. The first kappa shape index (κ1) is 16.1. The van der Waals surface area contributed by atoms with Gasteiger partial charge in [-0.15, -0.1) is 0 Å². The summed E-state index contributed by atoms with van der Waals surface area (Å²) in [5.41, 5.74) is 3.47. The van der Waals surface area contributed by atoms with E-state index in [1.807, 2.05) is 11.7 Å². The molecule has 1 saturated heterocycles. The first-order valence-corrected chi connectivity index (χ1v) is 8.41. The average Bonchev–Trinajstić information content (AvgIpc) is 2.62. The number of amides is 1. The summed E-state index contributed by atoms with van der Waals surface area (Å²) in [6, 6.07) is 0.381. The van der Waals surface area contributed by atoms with Crippen molar-refractivity contribution in [3.8, 4) is 0 Å². The van der Waals surface area contributed by atoms with Crippen LogP contribution in [-0.2, 0) is 31.1 Å². The van der Waals surface area contributed by atoms with Gasteiger partial charge in [0, 0.05) is 30.9 Å². The van der Waals surface area contributed by atoms with Crippen molar-refractivity contribution in [1.82, 2.24) is 14.7 Å². The zero-order valence-corrected chi connectivity index (χ0v) is 14.0. The third-order valence-corrected chi connectivity index (χ3v) is 4.73. The molecule has 0 N–H and O–H groups in total. The summed E-state index contributed by atoms with van der Waals surface area (Å²) in [4.78, 5) is 14.9. The fourth-order valence-corrected chi connectivity index (χ4v) is 3.49. The number of hydrogen-bond acceptors (Lipinski definition) is 2. The van der Waals surface area contributed by atoms with Gasteiger partial charge in [0.25, 0.3) is 0 Å². The maximum atomic E-state index is 12.8. The van der Waals surface area contributed by atoms with Gasteiger partial charge < -0.3 is 4.90 Å². The summed E-state index contributed by atoms with van der Waals surface area (Å²) in [5, 5.41) is 4.58.